The lowest BCUT2D eigenvalue weighted by atomic mass is 10.1. The average molecular weight is 401 g/mol. The molecule has 0 aliphatic heterocycles. The van der Waals surface area contributed by atoms with E-state index in [4.69, 9.17) is 5.14 Å². The molecule has 2 aromatic rings. The first kappa shape index (κ1) is 21.3. The van der Waals surface area contributed by atoms with Crippen LogP contribution in [0.3, 0.4) is 0 Å². The van der Waals surface area contributed by atoms with Crippen LogP contribution < -0.4 is 10.5 Å². The maximum absolute atomic E-state index is 12.5. The molecule has 2 aromatic carbocycles. The molecule has 0 saturated heterocycles. The van der Waals surface area contributed by atoms with Crippen molar-refractivity contribution >= 4 is 27.9 Å². The number of carbonyl (C=O) groups excluding carboxylic acids is 2. The molecule has 1 unspecified atom stereocenters. The predicted octanol–water partition coefficient (Wildman–Crippen LogP) is 1.93. The van der Waals surface area contributed by atoms with E-state index in [1.54, 1.807) is 63.5 Å². The zero-order chi connectivity index (χ0) is 20.9. The van der Waals surface area contributed by atoms with Gasteiger partial charge in [0.2, 0.25) is 15.9 Å². The van der Waals surface area contributed by atoms with Crippen LogP contribution in [-0.2, 0) is 14.8 Å². The highest BCUT2D eigenvalue weighted by molar-refractivity contribution is 7.89. The van der Waals surface area contributed by atoms with E-state index in [-0.39, 0.29) is 22.8 Å². The number of nitrogens with one attached hydrogen (secondary N) is 1. The van der Waals surface area contributed by atoms with Crippen LogP contribution in [-0.4, -0.2) is 39.2 Å². The third kappa shape index (κ3) is 5.28. The Morgan fingerprint density at radius 2 is 1.79 bits per heavy atom. The van der Waals surface area contributed by atoms with Gasteiger partial charge >= 0.3 is 0 Å². The van der Waals surface area contributed by atoms with Gasteiger partial charge in [0.05, 0.1) is 10.9 Å². The van der Waals surface area contributed by atoms with Gasteiger partial charge in [0, 0.05) is 25.7 Å². The summed E-state index contributed by atoms with van der Waals surface area (Å²) in [5, 5.41) is 7.71. The van der Waals surface area contributed by atoms with E-state index in [9.17, 15) is 18.0 Å². The second-order valence-corrected chi connectivity index (χ2v) is 7.84. The second kappa shape index (κ2) is 8.81. The lowest BCUT2D eigenvalue weighted by molar-refractivity contribution is -0.126. The van der Waals surface area contributed by atoms with E-state index in [1.165, 1.54) is 23.1 Å². The predicted molar refractivity (Wildman–Crippen MR) is 108 cm³/mol. The molecule has 2 amide bonds. The van der Waals surface area contributed by atoms with Crippen LogP contribution in [0, 0.1) is 0 Å². The van der Waals surface area contributed by atoms with Gasteiger partial charge in [-0.1, -0.05) is 24.3 Å². The van der Waals surface area contributed by atoms with Crippen LogP contribution in [0.4, 0.5) is 0 Å². The molecule has 0 aliphatic rings. The van der Waals surface area contributed by atoms with Crippen molar-refractivity contribution in [2.75, 3.05) is 14.1 Å². The molecule has 8 heteroatoms. The Hall–Kier alpha value is -2.97. The van der Waals surface area contributed by atoms with Gasteiger partial charge < -0.3 is 10.2 Å². The van der Waals surface area contributed by atoms with Gasteiger partial charge in [0.15, 0.2) is 0 Å². The number of amides is 2. The van der Waals surface area contributed by atoms with E-state index in [0.717, 1.165) is 5.56 Å². The molecule has 0 aliphatic carbocycles. The summed E-state index contributed by atoms with van der Waals surface area (Å²) in [7, 11) is -0.614. The molecule has 0 heterocycles. The van der Waals surface area contributed by atoms with Gasteiger partial charge in [-0.2, -0.15) is 0 Å². The third-order valence-corrected chi connectivity index (χ3v) is 5.33. The largest absolute Gasteiger partial charge is 0.355 e. The first-order valence-electron chi connectivity index (χ1n) is 8.53. The normalized spacial score (nSPS) is 12.6. The standard InChI is InChI=1S/C20H23N3O4S/c1-14(17-5-4-6-18(13-17)28(21,26)27)23(3)19(24)12-9-15-7-10-16(11-8-15)20(25)22-2/h4-14H,1-3H3,(H,22,25)(H2,21,26,27)/b12-9+. The minimum absolute atomic E-state index is 0.00412. The molecule has 148 valence electrons. The molecule has 1 atom stereocenters. The molecular weight excluding hydrogens is 378 g/mol. The van der Waals surface area contributed by atoms with E-state index >= 15 is 0 Å². The topological polar surface area (TPSA) is 110 Å². The zero-order valence-electron chi connectivity index (χ0n) is 15.9. The third-order valence-electron chi connectivity index (χ3n) is 4.42. The fourth-order valence-corrected chi connectivity index (χ4v) is 3.11. The summed E-state index contributed by atoms with van der Waals surface area (Å²) in [5.41, 5.74) is 1.97. The molecule has 0 fully saturated rings. The van der Waals surface area contributed by atoms with Crippen LogP contribution in [0.5, 0.6) is 0 Å². The Balaban J connectivity index is 2.11. The van der Waals surface area contributed by atoms with Crippen molar-refractivity contribution in [3.63, 3.8) is 0 Å². The van der Waals surface area contributed by atoms with E-state index < -0.39 is 10.0 Å². The Morgan fingerprint density at radius 1 is 1.14 bits per heavy atom. The average Bonchev–Trinajstić information content (AvgIpc) is 2.70. The molecule has 0 bridgehead atoms. The number of likely N-dealkylation sites (N-methyl/N-ethyl adjacent to an activating group) is 1. The highest BCUT2D eigenvalue weighted by atomic mass is 32.2. The van der Waals surface area contributed by atoms with Gasteiger partial charge in [0.25, 0.3) is 5.91 Å². The van der Waals surface area contributed by atoms with Crippen molar-refractivity contribution in [2.24, 2.45) is 5.14 Å². The molecule has 28 heavy (non-hydrogen) atoms. The molecular formula is C20H23N3O4S. The molecule has 0 saturated carbocycles. The van der Waals surface area contributed by atoms with Crippen LogP contribution in [0.2, 0.25) is 0 Å². The van der Waals surface area contributed by atoms with Crippen LogP contribution in [0.25, 0.3) is 6.08 Å². The number of nitrogens with two attached hydrogens (primary N) is 1. The highest BCUT2D eigenvalue weighted by Crippen LogP contribution is 2.21. The summed E-state index contributed by atoms with van der Waals surface area (Å²) in [6.45, 7) is 1.80. The number of sulfonamides is 1. The second-order valence-electron chi connectivity index (χ2n) is 6.28. The van der Waals surface area contributed by atoms with Gasteiger partial charge in [0.1, 0.15) is 0 Å². The fourth-order valence-electron chi connectivity index (χ4n) is 2.54. The zero-order valence-corrected chi connectivity index (χ0v) is 16.7. The van der Waals surface area contributed by atoms with E-state index in [2.05, 4.69) is 5.32 Å². The summed E-state index contributed by atoms with van der Waals surface area (Å²) in [5.74, 6) is -0.425. The van der Waals surface area contributed by atoms with Gasteiger partial charge in [-0.05, 0) is 48.4 Å². The van der Waals surface area contributed by atoms with Crippen molar-refractivity contribution in [2.45, 2.75) is 17.9 Å². The molecule has 7 nitrogen and oxygen atoms in total. The Kier molecular flexibility index (Phi) is 6.71. The molecule has 3 N–H and O–H groups in total. The number of benzene rings is 2. The SMILES string of the molecule is CNC(=O)c1ccc(/C=C/C(=O)N(C)C(C)c2cccc(S(N)(=O)=O)c2)cc1. The Labute approximate surface area is 164 Å². The number of hydrogen-bond acceptors (Lipinski definition) is 4. The highest BCUT2D eigenvalue weighted by Gasteiger charge is 2.17. The van der Waals surface area contributed by atoms with Crippen LogP contribution in [0.15, 0.2) is 59.5 Å². The smallest absolute Gasteiger partial charge is 0.251 e. The Morgan fingerprint density at radius 3 is 2.36 bits per heavy atom. The summed E-state index contributed by atoms with van der Waals surface area (Å²) in [6, 6.07) is 12.7. The van der Waals surface area contributed by atoms with Crippen LogP contribution in [0.1, 0.15) is 34.5 Å². The number of carbonyl (C=O) groups is 2. The number of rotatable bonds is 6. The van der Waals surface area contributed by atoms with Gasteiger partial charge in [-0.3, -0.25) is 9.59 Å². The number of nitrogens with zero attached hydrogens (tertiary/aromatic N) is 1. The molecule has 0 spiro atoms. The summed E-state index contributed by atoms with van der Waals surface area (Å²) in [6.07, 6.45) is 3.08. The fraction of sp³-hybridized carbons (Fsp3) is 0.200. The lowest BCUT2D eigenvalue weighted by Crippen LogP contribution is -2.28. The minimum Gasteiger partial charge on any atom is -0.355 e. The number of hydrogen-bond donors (Lipinski definition) is 2. The summed E-state index contributed by atoms with van der Waals surface area (Å²) in [4.78, 5) is 25.5. The first-order chi connectivity index (χ1) is 13.1. The summed E-state index contributed by atoms with van der Waals surface area (Å²) < 4.78 is 23.0. The quantitative estimate of drug-likeness (QED) is 0.721. The van der Waals surface area contributed by atoms with Crippen LogP contribution >= 0.6 is 0 Å². The maximum Gasteiger partial charge on any atom is 0.251 e. The summed E-state index contributed by atoms with van der Waals surface area (Å²) >= 11 is 0. The molecule has 0 radical (unpaired) electrons. The maximum atomic E-state index is 12.5. The van der Waals surface area contributed by atoms with Crippen molar-refractivity contribution < 1.29 is 18.0 Å². The van der Waals surface area contributed by atoms with Crippen molar-refractivity contribution in [1.82, 2.24) is 10.2 Å². The molecule has 2 rings (SSSR count). The monoisotopic (exact) mass is 401 g/mol. The van der Waals surface area contributed by atoms with Gasteiger partial charge in [-0.25, -0.2) is 13.6 Å². The minimum atomic E-state index is -3.81. The Bertz CT molecular complexity index is 998. The van der Waals surface area contributed by atoms with Crippen molar-refractivity contribution in [3.05, 3.63) is 71.3 Å². The van der Waals surface area contributed by atoms with Gasteiger partial charge in [-0.15, -0.1) is 0 Å². The number of primary sulfonamides is 1. The van der Waals surface area contributed by atoms with E-state index in [1.807, 2.05) is 0 Å². The lowest BCUT2D eigenvalue weighted by Gasteiger charge is -2.24. The van der Waals surface area contributed by atoms with Crippen molar-refractivity contribution in [3.8, 4) is 0 Å². The first-order valence-corrected chi connectivity index (χ1v) is 10.1. The van der Waals surface area contributed by atoms with E-state index in [0.29, 0.717) is 11.1 Å². The molecule has 0 aromatic heterocycles. The van der Waals surface area contributed by atoms with Crippen molar-refractivity contribution in [1.29, 1.82) is 0 Å².